The van der Waals surface area contributed by atoms with Crippen LogP contribution in [0.2, 0.25) is 0 Å². The largest absolute Gasteiger partial charge is 0.357 e. The van der Waals surface area contributed by atoms with Gasteiger partial charge in [0.15, 0.2) is 0 Å². The molecule has 0 bridgehead atoms. The van der Waals surface area contributed by atoms with E-state index in [1.807, 2.05) is 37.3 Å². The summed E-state index contributed by atoms with van der Waals surface area (Å²) in [6.45, 7) is 2.46. The fraction of sp³-hybridized carbons (Fsp3) is 0.360. The lowest BCUT2D eigenvalue weighted by molar-refractivity contribution is -0.140. The van der Waals surface area contributed by atoms with Crippen molar-refractivity contribution in [3.8, 4) is 0 Å². The molecule has 0 aliphatic carbocycles. The number of carbonyl (C=O) groups excluding carboxylic acids is 4. The molecule has 0 fully saturated rings. The Morgan fingerprint density at radius 1 is 0.969 bits per heavy atom. The van der Waals surface area contributed by atoms with Crippen molar-refractivity contribution < 1.29 is 19.2 Å². The fourth-order valence-corrected chi connectivity index (χ4v) is 4.04. The van der Waals surface area contributed by atoms with Crippen molar-refractivity contribution in [1.29, 1.82) is 0 Å². The van der Waals surface area contributed by atoms with Crippen molar-refractivity contribution in [2.45, 2.75) is 38.6 Å². The summed E-state index contributed by atoms with van der Waals surface area (Å²) in [7, 11) is 1.56. The van der Waals surface area contributed by atoms with Crippen LogP contribution in [0.3, 0.4) is 0 Å². The van der Waals surface area contributed by atoms with E-state index in [-0.39, 0.29) is 36.6 Å². The van der Waals surface area contributed by atoms with Crippen LogP contribution >= 0.6 is 0 Å². The standard InChI is InChI=1S/C25H29N3O4/c1-3-21(23(30)26-2)27(17-15-18-10-5-4-6-11-18)22(29)14-9-16-28-24(31)19-12-7-8-13-20(19)25(28)32/h4-8,10-13,21H,3,9,14-17H2,1-2H3,(H,26,30)/t21-/m0/s1. The molecule has 4 amide bonds. The topological polar surface area (TPSA) is 86.8 Å². The van der Waals surface area contributed by atoms with Crippen LogP contribution in [0.15, 0.2) is 54.6 Å². The van der Waals surface area contributed by atoms with Crippen molar-refractivity contribution in [3.05, 3.63) is 71.3 Å². The average Bonchev–Trinajstić information content (AvgIpc) is 3.06. The van der Waals surface area contributed by atoms with E-state index in [1.165, 1.54) is 4.90 Å². The van der Waals surface area contributed by atoms with Crippen LogP contribution in [-0.2, 0) is 16.0 Å². The fourth-order valence-electron chi connectivity index (χ4n) is 4.04. The number of likely N-dealkylation sites (N-methyl/N-ethyl adjacent to an activating group) is 1. The van der Waals surface area contributed by atoms with E-state index in [4.69, 9.17) is 0 Å². The first-order valence-electron chi connectivity index (χ1n) is 11.0. The molecule has 7 heteroatoms. The summed E-state index contributed by atoms with van der Waals surface area (Å²) in [5.41, 5.74) is 1.89. The van der Waals surface area contributed by atoms with E-state index < -0.39 is 6.04 Å². The summed E-state index contributed by atoms with van der Waals surface area (Å²) in [6.07, 6.45) is 1.63. The first-order chi connectivity index (χ1) is 15.5. The van der Waals surface area contributed by atoms with Gasteiger partial charge in [0.2, 0.25) is 11.8 Å². The van der Waals surface area contributed by atoms with Crippen molar-refractivity contribution in [3.63, 3.8) is 0 Å². The zero-order valence-corrected chi connectivity index (χ0v) is 18.5. The monoisotopic (exact) mass is 435 g/mol. The Morgan fingerprint density at radius 3 is 2.12 bits per heavy atom. The van der Waals surface area contributed by atoms with Gasteiger partial charge in [-0.2, -0.15) is 0 Å². The Bertz CT molecular complexity index is 955. The molecular weight excluding hydrogens is 406 g/mol. The second-order valence-corrected chi connectivity index (χ2v) is 7.77. The number of rotatable bonds is 10. The Balaban J connectivity index is 1.63. The molecule has 0 radical (unpaired) electrons. The number of imide groups is 1. The van der Waals surface area contributed by atoms with Crippen molar-refractivity contribution in [2.24, 2.45) is 0 Å². The van der Waals surface area contributed by atoms with E-state index in [0.29, 0.717) is 36.9 Å². The predicted octanol–water partition coefficient (Wildman–Crippen LogP) is 2.66. The van der Waals surface area contributed by atoms with Gasteiger partial charge in [0, 0.05) is 26.6 Å². The summed E-state index contributed by atoms with van der Waals surface area (Å²) >= 11 is 0. The minimum atomic E-state index is -0.560. The van der Waals surface area contributed by atoms with E-state index in [1.54, 1.807) is 36.2 Å². The highest BCUT2D eigenvalue weighted by Gasteiger charge is 2.35. The molecular formula is C25H29N3O4. The molecule has 1 atom stereocenters. The highest BCUT2D eigenvalue weighted by atomic mass is 16.2. The molecule has 1 aliphatic rings. The Hall–Kier alpha value is -3.48. The van der Waals surface area contributed by atoms with Gasteiger partial charge in [-0.1, -0.05) is 49.4 Å². The highest BCUT2D eigenvalue weighted by molar-refractivity contribution is 6.21. The van der Waals surface area contributed by atoms with Gasteiger partial charge in [-0.25, -0.2) is 0 Å². The maximum absolute atomic E-state index is 13.1. The molecule has 0 aromatic heterocycles. The normalized spacial score (nSPS) is 13.6. The number of hydrogen-bond acceptors (Lipinski definition) is 4. The van der Waals surface area contributed by atoms with Crippen LogP contribution < -0.4 is 5.32 Å². The van der Waals surface area contributed by atoms with Crippen molar-refractivity contribution in [1.82, 2.24) is 15.1 Å². The number of carbonyl (C=O) groups is 4. The molecule has 1 N–H and O–H groups in total. The summed E-state index contributed by atoms with van der Waals surface area (Å²) in [5.74, 6) is -1.01. The minimum Gasteiger partial charge on any atom is -0.357 e. The molecule has 3 rings (SSSR count). The smallest absolute Gasteiger partial charge is 0.261 e. The highest BCUT2D eigenvalue weighted by Crippen LogP contribution is 2.23. The number of fused-ring (bicyclic) bond motifs is 1. The molecule has 168 valence electrons. The van der Waals surface area contributed by atoms with Gasteiger partial charge < -0.3 is 10.2 Å². The molecule has 0 unspecified atom stereocenters. The Labute approximate surface area is 188 Å². The van der Waals surface area contributed by atoms with Gasteiger partial charge in [0.25, 0.3) is 11.8 Å². The summed E-state index contributed by atoms with van der Waals surface area (Å²) in [5, 5.41) is 2.64. The third kappa shape index (κ3) is 5.04. The molecule has 2 aromatic rings. The van der Waals surface area contributed by atoms with Crippen LogP contribution in [0, 0.1) is 0 Å². The summed E-state index contributed by atoms with van der Waals surface area (Å²) in [6, 6.07) is 16.0. The molecule has 1 aliphatic heterocycles. The van der Waals surface area contributed by atoms with Gasteiger partial charge in [0.1, 0.15) is 6.04 Å². The Morgan fingerprint density at radius 2 is 1.56 bits per heavy atom. The van der Waals surface area contributed by atoms with Crippen LogP contribution in [-0.4, -0.2) is 59.6 Å². The third-order valence-corrected chi connectivity index (χ3v) is 5.77. The van der Waals surface area contributed by atoms with Crippen LogP contribution in [0.4, 0.5) is 0 Å². The number of nitrogens with one attached hydrogen (secondary N) is 1. The zero-order valence-electron chi connectivity index (χ0n) is 18.5. The second kappa shape index (κ2) is 10.7. The van der Waals surface area contributed by atoms with Crippen molar-refractivity contribution >= 4 is 23.6 Å². The SMILES string of the molecule is CC[C@@H](C(=O)NC)N(CCc1ccccc1)C(=O)CCCN1C(=O)c2ccccc2C1=O. The third-order valence-electron chi connectivity index (χ3n) is 5.77. The van der Waals surface area contributed by atoms with Gasteiger partial charge in [0.05, 0.1) is 11.1 Å². The number of benzene rings is 2. The first-order valence-corrected chi connectivity index (χ1v) is 11.0. The predicted molar refractivity (Wildman–Crippen MR) is 121 cm³/mol. The van der Waals surface area contributed by atoms with Crippen molar-refractivity contribution in [2.75, 3.05) is 20.1 Å². The zero-order chi connectivity index (χ0) is 23.1. The molecule has 0 saturated carbocycles. The molecule has 0 saturated heterocycles. The van der Waals surface area contributed by atoms with E-state index in [2.05, 4.69) is 5.32 Å². The Kier molecular flexibility index (Phi) is 7.76. The molecule has 32 heavy (non-hydrogen) atoms. The minimum absolute atomic E-state index is 0.149. The van der Waals surface area contributed by atoms with Crippen LogP contribution in [0.25, 0.3) is 0 Å². The molecule has 7 nitrogen and oxygen atoms in total. The first kappa shape index (κ1) is 23.2. The van der Waals surface area contributed by atoms with E-state index in [0.717, 1.165) is 5.56 Å². The molecule has 0 spiro atoms. The second-order valence-electron chi connectivity index (χ2n) is 7.77. The molecule has 1 heterocycles. The lowest BCUT2D eigenvalue weighted by Crippen LogP contribution is -2.49. The number of hydrogen-bond donors (Lipinski definition) is 1. The van der Waals surface area contributed by atoms with Gasteiger partial charge in [-0.15, -0.1) is 0 Å². The number of amides is 4. The van der Waals surface area contributed by atoms with Crippen LogP contribution in [0.5, 0.6) is 0 Å². The van der Waals surface area contributed by atoms with Gasteiger partial charge in [-0.05, 0) is 37.0 Å². The number of nitrogens with zero attached hydrogens (tertiary/aromatic N) is 2. The molecule has 2 aromatic carbocycles. The van der Waals surface area contributed by atoms with E-state index in [9.17, 15) is 19.2 Å². The van der Waals surface area contributed by atoms with E-state index >= 15 is 0 Å². The van der Waals surface area contributed by atoms with Gasteiger partial charge >= 0.3 is 0 Å². The van der Waals surface area contributed by atoms with Crippen LogP contribution in [0.1, 0.15) is 52.5 Å². The van der Waals surface area contributed by atoms with Gasteiger partial charge in [-0.3, -0.25) is 24.1 Å². The maximum atomic E-state index is 13.1. The summed E-state index contributed by atoms with van der Waals surface area (Å²) < 4.78 is 0. The average molecular weight is 436 g/mol. The summed E-state index contributed by atoms with van der Waals surface area (Å²) in [4.78, 5) is 53.3. The lowest BCUT2D eigenvalue weighted by atomic mass is 10.1. The maximum Gasteiger partial charge on any atom is 0.261 e. The lowest BCUT2D eigenvalue weighted by Gasteiger charge is -2.30. The quantitative estimate of drug-likeness (QED) is 0.582.